The maximum Gasteiger partial charge on any atom is 0.243 e. The number of carbonyl (C=O) groups excluding carboxylic acids is 7. The van der Waals surface area contributed by atoms with Gasteiger partial charge in [0.15, 0.2) is 11.7 Å². The molecule has 3 aliphatic carbocycles. The summed E-state index contributed by atoms with van der Waals surface area (Å²) in [5.74, 6) is -2.54. The highest BCUT2D eigenvalue weighted by Gasteiger charge is 2.34. The molecular formula is C56H82N16O7. The Balaban J connectivity index is 0.884. The number of nitrogens with zero attached hydrogens (tertiary/aromatic N) is 5. The number of aromatic nitrogens is 5. The van der Waals surface area contributed by atoms with Crippen LogP contribution in [0.15, 0.2) is 47.6 Å². The third kappa shape index (κ3) is 17.5. The molecule has 23 heteroatoms. The van der Waals surface area contributed by atoms with Crippen LogP contribution >= 0.6 is 0 Å². The summed E-state index contributed by atoms with van der Waals surface area (Å²) in [6.07, 6.45) is 16.3. The molecule has 428 valence electrons. The number of hydrogen-bond donors (Lipinski definition) is 11. The quantitative estimate of drug-likeness (QED) is 0.0167. The Morgan fingerprint density at radius 2 is 1.33 bits per heavy atom. The van der Waals surface area contributed by atoms with Gasteiger partial charge in [-0.3, -0.25) is 48.3 Å². The fourth-order valence-electron chi connectivity index (χ4n) is 11.2. The molecule has 2 heterocycles. The lowest BCUT2D eigenvalue weighted by molar-refractivity contribution is -0.135. The molecule has 3 aliphatic rings. The number of anilines is 1. The van der Waals surface area contributed by atoms with Crippen LogP contribution < -0.4 is 54.8 Å². The average molecular weight is 1090 g/mol. The minimum absolute atomic E-state index is 0.0714. The highest BCUT2D eigenvalue weighted by Crippen LogP contribution is 2.40. The molecule has 2 saturated carbocycles. The molecule has 4 aromatic rings. The van der Waals surface area contributed by atoms with Crippen molar-refractivity contribution in [3.8, 4) is 11.3 Å². The van der Waals surface area contributed by atoms with E-state index in [-0.39, 0.29) is 61.2 Å². The number of fused-ring (bicyclic) bond motifs is 2. The minimum atomic E-state index is -1.10. The summed E-state index contributed by atoms with van der Waals surface area (Å²) in [6, 6.07) is 7.22. The molecule has 0 spiro atoms. The Kier molecular flexibility index (Phi) is 22.6. The van der Waals surface area contributed by atoms with Gasteiger partial charge in [-0.2, -0.15) is 5.10 Å². The van der Waals surface area contributed by atoms with Gasteiger partial charge < -0.3 is 54.8 Å². The third-order valence-electron chi connectivity index (χ3n) is 15.4. The summed E-state index contributed by atoms with van der Waals surface area (Å²) < 4.78 is 1.66. The van der Waals surface area contributed by atoms with Crippen LogP contribution in [0, 0.1) is 11.8 Å². The molecule has 79 heavy (non-hydrogen) atoms. The molecule has 4 atom stereocenters. The molecule has 0 aliphatic heterocycles. The number of ketones is 1. The van der Waals surface area contributed by atoms with Gasteiger partial charge in [0.25, 0.3) is 0 Å². The molecule has 6 amide bonds. The number of nitrogens with two attached hydrogens (primary N) is 4. The van der Waals surface area contributed by atoms with Crippen LogP contribution in [-0.2, 0) is 41.7 Å². The van der Waals surface area contributed by atoms with E-state index >= 15 is 0 Å². The molecular weight excluding hydrogens is 1010 g/mol. The van der Waals surface area contributed by atoms with E-state index in [9.17, 15) is 33.6 Å². The molecule has 0 bridgehead atoms. The van der Waals surface area contributed by atoms with Crippen molar-refractivity contribution in [2.75, 3.05) is 31.5 Å². The van der Waals surface area contributed by atoms with E-state index in [4.69, 9.17) is 22.9 Å². The monoisotopic (exact) mass is 1090 g/mol. The van der Waals surface area contributed by atoms with Crippen LogP contribution in [0.3, 0.4) is 0 Å². The van der Waals surface area contributed by atoms with Gasteiger partial charge >= 0.3 is 0 Å². The normalized spacial score (nSPS) is 15.9. The Hall–Kier alpha value is -7.43. The van der Waals surface area contributed by atoms with Crippen LogP contribution in [-0.4, -0.2) is 123 Å². The van der Waals surface area contributed by atoms with Crippen LogP contribution in [0.1, 0.15) is 156 Å². The van der Waals surface area contributed by atoms with Crippen LogP contribution in [0.2, 0.25) is 0 Å². The zero-order valence-electron chi connectivity index (χ0n) is 45.5. The standard InChI is InChI=1S/C56H82N16O7/c57-27-8-7-21-42(52(58)76)65-55(79)45(33-36-16-5-2-6-17-36)67-53(77)43(24-12-28-63-56(59)60)66-54(78)44(32-35-14-3-1-4-15-35)64-47(74)26-13-31-72-34-37(68-71-72)18-9-25-46(73)62-30-29-61-40-22-10-19-38-49(40)51(75)39-20-11-23-41-48(39)50(38)70-69-41/h10-11,19-20,22-23,34-36,42-45,61H,1-9,12-18,21,24-33,57H2,(H2,58,76)(H,62,73)(H,64,74)(H,65,79)(H,66,78)(H,67,77)(H,69,70)(H4,59,60,63)/t42-,43+,44-,45-/m1/s1. The van der Waals surface area contributed by atoms with Gasteiger partial charge in [-0.15, -0.1) is 5.10 Å². The second-order valence-corrected chi connectivity index (χ2v) is 21.5. The number of rotatable bonds is 32. The molecule has 0 radical (unpaired) electrons. The number of primary amides is 1. The summed E-state index contributed by atoms with van der Waals surface area (Å²) in [5.41, 5.74) is 27.4. The van der Waals surface area contributed by atoms with E-state index in [1.807, 2.05) is 36.4 Å². The fraction of sp³-hybridized carbons (Fsp3) is 0.589. The van der Waals surface area contributed by atoms with E-state index in [0.29, 0.717) is 106 Å². The third-order valence-corrected chi connectivity index (χ3v) is 15.4. The maximum atomic E-state index is 14.4. The number of unbranched alkanes of at least 4 members (excludes halogenated alkanes) is 1. The first-order chi connectivity index (χ1) is 38.3. The van der Waals surface area contributed by atoms with Crippen molar-refractivity contribution in [1.82, 2.24) is 51.8 Å². The largest absolute Gasteiger partial charge is 0.383 e. The maximum absolute atomic E-state index is 14.4. The smallest absolute Gasteiger partial charge is 0.243 e. The summed E-state index contributed by atoms with van der Waals surface area (Å²) in [5, 5.41) is 34.7. The van der Waals surface area contributed by atoms with Crippen molar-refractivity contribution in [3.05, 3.63) is 59.4 Å². The van der Waals surface area contributed by atoms with Gasteiger partial charge in [-0.25, -0.2) is 0 Å². The highest BCUT2D eigenvalue weighted by atomic mass is 16.2. The van der Waals surface area contributed by atoms with Gasteiger partial charge in [-0.1, -0.05) is 93.7 Å². The van der Waals surface area contributed by atoms with Crippen molar-refractivity contribution in [2.45, 2.75) is 172 Å². The fourth-order valence-corrected chi connectivity index (χ4v) is 11.2. The molecule has 15 N–H and O–H groups in total. The summed E-state index contributed by atoms with van der Waals surface area (Å²) >= 11 is 0. The number of amides is 6. The topological polar surface area (TPSA) is 367 Å². The average Bonchev–Trinajstić information content (AvgIpc) is 4.30. The Labute approximate surface area is 461 Å². The van der Waals surface area contributed by atoms with Gasteiger partial charge in [0.1, 0.15) is 29.9 Å². The number of hydrogen-bond acceptors (Lipinski definition) is 13. The molecule has 23 nitrogen and oxygen atoms in total. The van der Waals surface area contributed by atoms with E-state index < -0.39 is 47.8 Å². The first-order valence-electron chi connectivity index (χ1n) is 28.6. The lowest BCUT2D eigenvalue weighted by atomic mass is 9.84. The van der Waals surface area contributed by atoms with E-state index in [0.717, 1.165) is 86.4 Å². The number of benzene rings is 2. The Morgan fingerprint density at radius 1 is 0.696 bits per heavy atom. The molecule has 2 aromatic carbocycles. The number of aliphatic imine (C=N–C) groups is 1. The van der Waals surface area contributed by atoms with E-state index in [1.54, 1.807) is 10.9 Å². The zero-order chi connectivity index (χ0) is 56.1. The van der Waals surface area contributed by atoms with Crippen LogP contribution in [0.5, 0.6) is 0 Å². The van der Waals surface area contributed by atoms with E-state index in [1.165, 1.54) is 0 Å². The van der Waals surface area contributed by atoms with Crippen molar-refractivity contribution < 1.29 is 33.6 Å². The molecule has 7 rings (SSSR count). The van der Waals surface area contributed by atoms with Gasteiger partial charge in [0.05, 0.1) is 16.8 Å². The van der Waals surface area contributed by atoms with Crippen LogP contribution in [0.25, 0.3) is 22.2 Å². The Bertz CT molecular complexity index is 2740. The number of guanidine groups is 1. The Morgan fingerprint density at radius 3 is 2.03 bits per heavy atom. The lowest BCUT2D eigenvalue weighted by Crippen LogP contribution is -2.58. The van der Waals surface area contributed by atoms with E-state index in [2.05, 4.69) is 57.4 Å². The zero-order valence-corrected chi connectivity index (χ0v) is 45.5. The predicted octanol–water partition coefficient (Wildman–Crippen LogP) is 3.24. The number of aryl methyl sites for hydroxylation is 2. The van der Waals surface area contributed by atoms with Crippen LogP contribution in [0.4, 0.5) is 5.69 Å². The minimum Gasteiger partial charge on any atom is -0.383 e. The highest BCUT2D eigenvalue weighted by molar-refractivity contribution is 6.27. The van der Waals surface area contributed by atoms with Crippen molar-refractivity contribution >= 4 is 63.8 Å². The molecule has 2 aromatic heterocycles. The molecule has 2 fully saturated rings. The summed E-state index contributed by atoms with van der Waals surface area (Å²) in [6.45, 7) is 1.79. The number of H-pyrrole nitrogens is 1. The molecule has 0 unspecified atom stereocenters. The second-order valence-electron chi connectivity index (χ2n) is 21.5. The first kappa shape index (κ1) is 59.2. The summed E-state index contributed by atoms with van der Waals surface area (Å²) in [4.78, 5) is 99.1. The van der Waals surface area contributed by atoms with Gasteiger partial charge in [0, 0.05) is 67.4 Å². The lowest BCUT2D eigenvalue weighted by Gasteiger charge is -2.30. The number of carbonyl (C=O) groups is 7. The first-order valence-corrected chi connectivity index (χ1v) is 28.6. The number of aromatic amines is 1. The van der Waals surface area contributed by atoms with Crippen molar-refractivity contribution in [1.29, 1.82) is 0 Å². The second kappa shape index (κ2) is 30.1. The predicted molar refractivity (Wildman–Crippen MR) is 301 cm³/mol. The summed E-state index contributed by atoms with van der Waals surface area (Å²) in [7, 11) is 0. The number of nitrogens with one attached hydrogen (secondary N) is 7. The SMILES string of the molecule is NCCCC[C@@H](NC(=O)[C@@H](CC1CCCCC1)NC(=O)[C@H](CCCN=C(N)N)NC(=O)[C@@H](CC1CCCCC1)NC(=O)CCCn1cc(CCCC(=O)NCCNc2cccc3c2C(=O)c2cccc4[nH]nc-3c24)nn1)C(N)=O. The van der Waals surface area contributed by atoms with Gasteiger partial charge in [0.2, 0.25) is 35.4 Å². The van der Waals surface area contributed by atoms with Crippen molar-refractivity contribution in [3.63, 3.8) is 0 Å². The van der Waals surface area contributed by atoms with Gasteiger partial charge in [-0.05, 0) is 94.7 Å². The molecule has 0 saturated heterocycles. The van der Waals surface area contributed by atoms with Crippen molar-refractivity contribution in [2.24, 2.45) is 39.8 Å².